The molecule has 2 aliphatic rings. The second-order valence-electron chi connectivity index (χ2n) is 6.41. The van der Waals surface area contributed by atoms with Crippen LogP contribution < -0.4 is 4.74 Å². The fraction of sp³-hybridized carbons (Fsp3) is 0.611. The number of hydrogen-bond acceptors (Lipinski definition) is 5. The van der Waals surface area contributed by atoms with Crippen LogP contribution >= 0.6 is 0 Å². The van der Waals surface area contributed by atoms with Crippen LogP contribution in [-0.4, -0.2) is 49.0 Å². The zero-order valence-electron chi connectivity index (χ0n) is 13.6. The van der Waals surface area contributed by atoms with Crippen molar-refractivity contribution in [3.63, 3.8) is 0 Å². The monoisotopic (exact) mass is 316 g/mol. The molecule has 0 radical (unpaired) electrons. The van der Waals surface area contributed by atoms with Crippen LogP contribution in [0.25, 0.3) is 0 Å². The standard InChI is InChI=1S/C18H24N2O3/c1-22-18-6-5-13(10-19)9-14(18)11-20-7-8-23-12-16(20)15-3-2-4-17(15)21/h5-6,9,15-17,21H,2-4,7-8,11-12H2,1H3. The minimum atomic E-state index is -0.225. The predicted octanol–water partition coefficient (Wildman–Crippen LogP) is 1.93. The molecule has 1 aliphatic carbocycles. The van der Waals surface area contributed by atoms with Crippen molar-refractivity contribution in [1.29, 1.82) is 5.26 Å². The fourth-order valence-electron chi connectivity index (χ4n) is 3.86. The third kappa shape index (κ3) is 3.50. The largest absolute Gasteiger partial charge is 0.496 e. The first kappa shape index (κ1) is 16.3. The third-order valence-corrected chi connectivity index (χ3v) is 5.09. The molecule has 1 N–H and O–H groups in total. The Morgan fingerprint density at radius 1 is 1.43 bits per heavy atom. The summed E-state index contributed by atoms with van der Waals surface area (Å²) in [6, 6.07) is 7.96. The molecule has 0 bridgehead atoms. The maximum Gasteiger partial charge on any atom is 0.123 e. The number of methoxy groups -OCH3 is 1. The molecule has 3 rings (SSSR count). The van der Waals surface area contributed by atoms with Crippen molar-refractivity contribution in [2.24, 2.45) is 5.92 Å². The van der Waals surface area contributed by atoms with Gasteiger partial charge in [0.25, 0.3) is 0 Å². The Labute approximate surface area is 137 Å². The van der Waals surface area contributed by atoms with Gasteiger partial charge in [-0.05, 0) is 31.0 Å². The zero-order chi connectivity index (χ0) is 16.2. The summed E-state index contributed by atoms with van der Waals surface area (Å²) < 4.78 is 11.1. The lowest BCUT2D eigenvalue weighted by Gasteiger charge is -2.40. The number of benzene rings is 1. The first-order chi connectivity index (χ1) is 11.2. The van der Waals surface area contributed by atoms with Gasteiger partial charge in [-0.25, -0.2) is 0 Å². The van der Waals surface area contributed by atoms with Crippen LogP contribution in [-0.2, 0) is 11.3 Å². The molecule has 5 heteroatoms. The summed E-state index contributed by atoms with van der Waals surface area (Å²) in [6.07, 6.45) is 2.81. The van der Waals surface area contributed by atoms with Crippen molar-refractivity contribution in [3.05, 3.63) is 29.3 Å². The fourth-order valence-corrected chi connectivity index (χ4v) is 3.86. The second-order valence-corrected chi connectivity index (χ2v) is 6.41. The zero-order valence-corrected chi connectivity index (χ0v) is 13.6. The minimum absolute atomic E-state index is 0.225. The van der Waals surface area contributed by atoms with Crippen LogP contribution in [0, 0.1) is 17.2 Å². The Balaban J connectivity index is 1.80. The van der Waals surface area contributed by atoms with Gasteiger partial charge in [0.2, 0.25) is 0 Å². The summed E-state index contributed by atoms with van der Waals surface area (Å²) in [5.41, 5.74) is 1.66. The average molecular weight is 316 g/mol. The Bertz CT molecular complexity index is 584. The van der Waals surface area contributed by atoms with Crippen LogP contribution in [0.15, 0.2) is 18.2 Å². The van der Waals surface area contributed by atoms with Gasteiger partial charge in [0.05, 0.1) is 38.1 Å². The SMILES string of the molecule is COc1ccc(C#N)cc1CN1CCOCC1C1CCCC1O. The van der Waals surface area contributed by atoms with Gasteiger partial charge in [0, 0.05) is 30.6 Å². The van der Waals surface area contributed by atoms with Gasteiger partial charge in [-0.15, -0.1) is 0 Å². The molecule has 3 atom stereocenters. The van der Waals surface area contributed by atoms with E-state index in [4.69, 9.17) is 14.7 Å². The molecule has 1 aromatic carbocycles. The van der Waals surface area contributed by atoms with Crippen LogP contribution in [0.4, 0.5) is 0 Å². The molecule has 0 aromatic heterocycles. The highest BCUT2D eigenvalue weighted by Crippen LogP contribution is 2.33. The molecular weight excluding hydrogens is 292 g/mol. The summed E-state index contributed by atoms with van der Waals surface area (Å²) in [5.74, 6) is 1.08. The van der Waals surface area contributed by atoms with Crippen molar-refractivity contribution in [2.75, 3.05) is 26.9 Å². The highest BCUT2D eigenvalue weighted by Gasteiger charge is 2.37. The summed E-state index contributed by atoms with van der Waals surface area (Å²) >= 11 is 0. The van der Waals surface area contributed by atoms with Crippen molar-refractivity contribution >= 4 is 0 Å². The predicted molar refractivity (Wildman–Crippen MR) is 86.1 cm³/mol. The number of morpholine rings is 1. The number of nitrogens with zero attached hydrogens (tertiary/aromatic N) is 2. The number of aliphatic hydroxyl groups is 1. The third-order valence-electron chi connectivity index (χ3n) is 5.09. The van der Waals surface area contributed by atoms with Gasteiger partial charge in [-0.3, -0.25) is 4.90 Å². The minimum Gasteiger partial charge on any atom is -0.496 e. The van der Waals surface area contributed by atoms with E-state index in [-0.39, 0.29) is 18.1 Å². The van der Waals surface area contributed by atoms with Crippen molar-refractivity contribution in [2.45, 2.75) is 38.0 Å². The van der Waals surface area contributed by atoms with Gasteiger partial charge in [0.15, 0.2) is 0 Å². The molecule has 2 fully saturated rings. The van der Waals surface area contributed by atoms with E-state index in [0.717, 1.165) is 43.7 Å². The van der Waals surface area contributed by atoms with Crippen LogP contribution in [0.1, 0.15) is 30.4 Å². The lowest BCUT2D eigenvalue weighted by atomic mass is 9.93. The normalized spacial score (nSPS) is 28.5. The molecule has 1 saturated heterocycles. The summed E-state index contributed by atoms with van der Waals surface area (Å²) in [6.45, 7) is 2.94. The topological polar surface area (TPSA) is 65.7 Å². The van der Waals surface area contributed by atoms with E-state index in [9.17, 15) is 5.11 Å². The summed E-state index contributed by atoms with van der Waals surface area (Å²) in [4.78, 5) is 2.38. The lowest BCUT2D eigenvalue weighted by molar-refractivity contribution is -0.0538. The van der Waals surface area contributed by atoms with Crippen molar-refractivity contribution in [1.82, 2.24) is 4.90 Å². The molecule has 124 valence electrons. The van der Waals surface area contributed by atoms with Crippen molar-refractivity contribution in [3.8, 4) is 11.8 Å². The highest BCUT2D eigenvalue weighted by atomic mass is 16.5. The van der Waals surface area contributed by atoms with Gasteiger partial charge >= 0.3 is 0 Å². The van der Waals surface area contributed by atoms with E-state index < -0.39 is 0 Å². The molecule has 5 nitrogen and oxygen atoms in total. The van der Waals surface area contributed by atoms with Crippen molar-refractivity contribution < 1.29 is 14.6 Å². The Morgan fingerprint density at radius 2 is 2.30 bits per heavy atom. The molecule has 1 heterocycles. The molecule has 1 aliphatic heterocycles. The first-order valence-electron chi connectivity index (χ1n) is 8.30. The maximum absolute atomic E-state index is 10.3. The Kier molecular flexibility index (Phi) is 5.16. The lowest BCUT2D eigenvalue weighted by Crippen LogP contribution is -2.50. The molecule has 1 aromatic rings. The maximum atomic E-state index is 10.3. The van der Waals surface area contributed by atoms with Crippen LogP contribution in [0.5, 0.6) is 5.75 Å². The smallest absolute Gasteiger partial charge is 0.123 e. The van der Waals surface area contributed by atoms with E-state index in [2.05, 4.69) is 11.0 Å². The summed E-state index contributed by atoms with van der Waals surface area (Å²) in [7, 11) is 1.66. The van der Waals surface area contributed by atoms with E-state index >= 15 is 0 Å². The van der Waals surface area contributed by atoms with Gasteiger partial charge in [-0.1, -0.05) is 6.42 Å². The molecule has 0 spiro atoms. The van der Waals surface area contributed by atoms with E-state index in [0.29, 0.717) is 18.8 Å². The molecular formula is C18H24N2O3. The van der Waals surface area contributed by atoms with Crippen LogP contribution in [0.2, 0.25) is 0 Å². The number of ether oxygens (including phenoxy) is 2. The molecule has 1 saturated carbocycles. The number of hydrogen-bond donors (Lipinski definition) is 1. The van der Waals surface area contributed by atoms with E-state index in [1.165, 1.54) is 0 Å². The Morgan fingerprint density at radius 3 is 3.00 bits per heavy atom. The molecule has 23 heavy (non-hydrogen) atoms. The number of nitriles is 1. The summed E-state index contributed by atoms with van der Waals surface area (Å²) in [5, 5.41) is 19.4. The quantitative estimate of drug-likeness (QED) is 0.919. The Hall–Kier alpha value is -1.61. The van der Waals surface area contributed by atoms with Gasteiger partial charge < -0.3 is 14.6 Å². The first-order valence-corrected chi connectivity index (χ1v) is 8.30. The number of aliphatic hydroxyl groups excluding tert-OH is 1. The van der Waals surface area contributed by atoms with E-state index in [1.54, 1.807) is 13.2 Å². The van der Waals surface area contributed by atoms with Gasteiger partial charge in [-0.2, -0.15) is 5.26 Å². The average Bonchev–Trinajstić information content (AvgIpc) is 3.01. The molecule has 3 unspecified atom stereocenters. The highest BCUT2D eigenvalue weighted by molar-refractivity contribution is 5.42. The van der Waals surface area contributed by atoms with Gasteiger partial charge in [0.1, 0.15) is 5.75 Å². The second kappa shape index (κ2) is 7.31. The molecule has 0 amide bonds. The number of rotatable bonds is 4. The van der Waals surface area contributed by atoms with E-state index in [1.807, 2.05) is 12.1 Å². The van der Waals surface area contributed by atoms with Crippen LogP contribution in [0.3, 0.4) is 0 Å².